The van der Waals surface area contributed by atoms with Crippen LogP contribution < -0.4 is 5.32 Å². The van der Waals surface area contributed by atoms with E-state index in [0.717, 1.165) is 0 Å². The Morgan fingerprint density at radius 3 is 2.70 bits per heavy atom. The quantitative estimate of drug-likeness (QED) is 0.525. The van der Waals surface area contributed by atoms with Crippen molar-refractivity contribution in [3.63, 3.8) is 0 Å². The van der Waals surface area contributed by atoms with E-state index in [4.69, 9.17) is 5.11 Å². The molecule has 1 aliphatic heterocycles. The molecule has 0 aromatic carbocycles. The molecule has 58 valence electrons. The molecule has 0 amide bonds. The van der Waals surface area contributed by atoms with E-state index in [-0.39, 0.29) is 18.5 Å². The van der Waals surface area contributed by atoms with E-state index in [9.17, 15) is 8.78 Å². The smallest absolute Gasteiger partial charge is 0.270 e. The summed E-state index contributed by atoms with van der Waals surface area (Å²) in [5.41, 5.74) is 0.0266. The van der Waals surface area contributed by atoms with Crippen molar-refractivity contribution in [3.8, 4) is 0 Å². The molecule has 1 heterocycles. The van der Waals surface area contributed by atoms with Crippen molar-refractivity contribution in [2.45, 2.75) is 12.5 Å². The highest BCUT2D eigenvalue weighted by Gasteiger charge is 2.17. The standard InChI is InChI=1S/C6H9F2NO/c7-6(8)4-1-5(10)3-9-2-4/h5,9-10H,1-3H2/t5-/m0/s1. The number of halogens is 2. The van der Waals surface area contributed by atoms with Gasteiger partial charge in [-0.2, -0.15) is 8.78 Å². The zero-order chi connectivity index (χ0) is 7.56. The Kier molecular flexibility index (Phi) is 2.34. The van der Waals surface area contributed by atoms with E-state index in [0.29, 0.717) is 6.54 Å². The predicted molar refractivity (Wildman–Crippen MR) is 32.7 cm³/mol. The van der Waals surface area contributed by atoms with Crippen molar-refractivity contribution in [1.82, 2.24) is 5.32 Å². The van der Waals surface area contributed by atoms with Crippen molar-refractivity contribution in [3.05, 3.63) is 11.7 Å². The zero-order valence-corrected chi connectivity index (χ0v) is 5.40. The molecule has 1 saturated heterocycles. The van der Waals surface area contributed by atoms with E-state index in [1.165, 1.54) is 0 Å². The molecule has 4 heteroatoms. The maximum atomic E-state index is 11.8. The van der Waals surface area contributed by atoms with Crippen molar-refractivity contribution in [2.75, 3.05) is 13.1 Å². The topological polar surface area (TPSA) is 32.3 Å². The maximum Gasteiger partial charge on any atom is 0.270 e. The summed E-state index contributed by atoms with van der Waals surface area (Å²) in [6.45, 7) is 0.621. The molecule has 0 spiro atoms. The number of β-amino-alcohol motifs (C(OH)–C–C–N with tert-alkyl or cyclic N) is 1. The molecule has 2 N–H and O–H groups in total. The van der Waals surface area contributed by atoms with Gasteiger partial charge >= 0.3 is 0 Å². The second-order valence-electron chi connectivity index (χ2n) is 2.35. The molecule has 0 aliphatic carbocycles. The fourth-order valence-corrected chi connectivity index (χ4v) is 0.962. The molecule has 0 aromatic heterocycles. The zero-order valence-electron chi connectivity index (χ0n) is 5.40. The van der Waals surface area contributed by atoms with E-state index in [1.807, 2.05) is 0 Å². The second kappa shape index (κ2) is 3.07. The van der Waals surface area contributed by atoms with Crippen molar-refractivity contribution in [1.29, 1.82) is 0 Å². The lowest BCUT2D eigenvalue weighted by Crippen LogP contribution is -2.35. The molecular weight excluding hydrogens is 140 g/mol. The van der Waals surface area contributed by atoms with Gasteiger partial charge in [-0.25, -0.2) is 0 Å². The SMILES string of the molecule is O[C@@H]1CNCC(=C(F)F)C1. The Bertz CT molecular complexity index is 154. The molecule has 0 bridgehead atoms. The molecule has 2 nitrogen and oxygen atoms in total. The van der Waals surface area contributed by atoms with Crippen LogP contribution in [0.4, 0.5) is 8.78 Å². The first-order valence-electron chi connectivity index (χ1n) is 3.12. The molecule has 1 atom stereocenters. The minimum Gasteiger partial charge on any atom is -0.391 e. The highest BCUT2D eigenvalue weighted by atomic mass is 19.3. The van der Waals surface area contributed by atoms with Crippen LogP contribution in [0.25, 0.3) is 0 Å². The minimum atomic E-state index is -1.66. The van der Waals surface area contributed by atoms with Crippen molar-refractivity contribution < 1.29 is 13.9 Å². The monoisotopic (exact) mass is 149 g/mol. The highest BCUT2D eigenvalue weighted by molar-refractivity contribution is 5.08. The van der Waals surface area contributed by atoms with Crippen LogP contribution >= 0.6 is 0 Å². The number of piperidine rings is 1. The third-order valence-electron chi connectivity index (χ3n) is 1.47. The summed E-state index contributed by atoms with van der Waals surface area (Å²) < 4.78 is 23.6. The van der Waals surface area contributed by atoms with Crippen LogP contribution in [-0.4, -0.2) is 24.3 Å². The number of hydrogen-bond acceptors (Lipinski definition) is 2. The van der Waals surface area contributed by atoms with E-state index in [1.54, 1.807) is 0 Å². The van der Waals surface area contributed by atoms with Gasteiger partial charge in [0.1, 0.15) is 0 Å². The van der Waals surface area contributed by atoms with E-state index in [2.05, 4.69) is 5.32 Å². The highest BCUT2D eigenvalue weighted by Crippen LogP contribution is 2.15. The summed E-state index contributed by atoms with van der Waals surface area (Å²) in [6.07, 6.45) is -2.20. The average Bonchev–Trinajstić information content (AvgIpc) is 1.88. The number of aliphatic hydroxyl groups is 1. The van der Waals surface area contributed by atoms with Crippen LogP contribution in [0.3, 0.4) is 0 Å². The lowest BCUT2D eigenvalue weighted by atomic mass is 10.1. The molecular formula is C6H9F2NO. The fraction of sp³-hybridized carbons (Fsp3) is 0.667. The lowest BCUT2D eigenvalue weighted by Gasteiger charge is -2.19. The number of hydrogen-bond donors (Lipinski definition) is 2. The summed E-state index contributed by atoms with van der Waals surface area (Å²) in [5, 5.41) is 11.6. The molecule has 1 rings (SSSR count). The Balaban J connectivity index is 2.55. The van der Waals surface area contributed by atoms with Crippen molar-refractivity contribution in [2.24, 2.45) is 0 Å². The summed E-state index contributed by atoms with van der Waals surface area (Å²) in [5.74, 6) is 0. The number of rotatable bonds is 0. The third kappa shape index (κ3) is 1.75. The Morgan fingerprint density at radius 2 is 2.30 bits per heavy atom. The van der Waals surface area contributed by atoms with E-state index < -0.39 is 12.2 Å². The van der Waals surface area contributed by atoms with Gasteiger partial charge in [0.2, 0.25) is 0 Å². The van der Waals surface area contributed by atoms with Crippen LogP contribution in [0.15, 0.2) is 11.7 Å². The fourth-order valence-electron chi connectivity index (χ4n) is 0.962. The molecule has 10 heavy (non-hydrogen) atoms. The predicted octanol–water partition coefficient (Wildman–Crippen LogP) is 0.491. The Morgan fingerprint density at radius 1 is 1.60 bits per heavy atom. The molecule has 0 aromatic rings. The average molecular weight is 149 g/mol. The van der Waals surface area contributed by atoms with Crippen LogP contribution in [0.5, 0.6) is 0 Å². The molecule has 0 radical (unpaired) electrons. The van der Waals surface area contributed by atoms with Crippen LogP contribution in [0, 0.1) is 0 Å². The van der Waals surface area contributed by atoms with Gasteiger partial charge in [0.25, 0.3) is 6.08 Å². The van der Waals surface area contributed by atoms with Crippen LogP contribution in [0.2, 0.25) is 0 Å². The van der Waals surface area contributed by atoms with Gasteiger partial charge in [-0.3, -0.25) is 0 Å². The van der Waals surface area contributed by atoms with Gasteiger partial charge in [-0.15, -0.1) is 0 Å². The van der Waals surface area contributed by atoms with Gasteiger partial charge in [0, 0.05) is 25.1 Å². The van der Waals surface area contributed by atoms with Crippen LogP contribution in [0.1, 0.15) is 6.42 Å². The summed E-state index contributed by atoms with van der Waals surface area (Å²) >= 11 is 0. The summed E-state index contributed by atoms with van der Waals surface area (Å²) in [7, 11) is 0. The maximum absolute atomic E-state index is 11.8. The first-order chi connectivity index (χ1) is 4.70. The van der Waals surface area contributed by atoms with Gasteiger partial charge < -0.3 is 10.4 Å². The molecule has 1 fully saturated rings. The Hall–Kier alpha value is -0.480. The first-order valence-corrected chi connectivity index (χ1v) is 3.12. The van der Waals surface area contributed by atoms with Gasteiger partial charge in [-0.1, -0.05) is 0 Å². The molecule has 1 aliphatic rings. The van der Waals surface area contributed by atoms with Crippen LogP contribution in [-0.2, 0) is 0 Å². The third-order valence-corrected chi connectivity index (χ3v) is 1.47. The number of aliphatic hydroxyl groups excluding tert-OH is 1. The van der Waals surface area contributed by atoms with Gasteiger partial charge in [0.15, 0.2) is 0 Å². The lowest BCUT2D eigenvalue weighted by molar-refractivity contribution is 0.157. The van der Waals surface area contributed by atoms with Crippen molar-refractivity contribution >= 4 is 0 Å². The molecule has 0 saturated carbocycles. The largest absolute Gasteiger partial charge is 0.391 e. The van der Waals surface area contributed by atoms with Gasteiger partial charge in [0.05, 0.1) is 6.10 Å². The normalized spacial score (nSPS) is 26.7. The summed E-state index contributed by atoms with van der Waals surface area (Å²) in [4.78, 5) is 0. The molecule has 0 unspecified atom stereocenters. The van der Waals surface area contributed by atoms with E-state index >= 15 is 0 Å². The first kappa shape index (κ1) is 7.63. The van der Waals surface area contributed by atoms with Gasteiger partial charge in [-0.05, 0) is 0 Å². The Labute approximate surface area is 57.5 Å². The number of nitrogens with one attached hydrogen (secondary N) is 1. The minimum absolute atomic E-state index is 0.0266. The summed E-state index contributed by atoms with van der Waals surface area (Å²) in [6, 6.07) is 0. The second-order valence-corrected chi connectivity index (χ2v) is 2.35.